The van der Waals surface area contributed by atoms with E-state index >= 15 is 0 Å². The minimum absolute atomic E-state index is 0.180. The van der Waals surface area contributed by atoms with Gasteiger partial charge in [-0.15, -0.1) is 21.5 Å². The number of esters is 1. The van der Waals surface area contributed by atoms with E-state index in [2.05, 4.69) is 15.5 Å². The number of thioether (sulfide) groups is 1. The predicted octanol–water partition coefficient (Wildman–Crippen LogP) is 4.33. The van der Waals surface area contributed by atoms with E-state index in [1.165, 1.54) is 66.9 Å². The average Bonchev–Trinajstić information content (AvgIpc) is 3.56. The lowest BCUT2D eigenvalue weighted by Crippen LogP contribution is -2.15. The van der Waals surface area contributed by atoms with Crippen molar-refractivity contribution in [3.8, 4) is 17.2 Å². The molecule has 180 valence electrons. The quantitative estimate of drug-likeness (QED) is 0.189. The number of amides is 1. The molecule has 0 atom stereocenters. The Morgan fingerprint density at radius 1 is 1.09 bits per heavy atom. The molecule has 4 rings (SSSR count). The molecule has 0 saturated heterocycles. The van der Waals surface area contributed by atoms with E-state index in [1.807, 2.05) is 5.38 Å². The van der Waals surface area contributed by atoms with Crippen molar-refractivity contribution < 1.29 is 28.2 Å². The molecule has 0 unspecified atom stereocenters. The molecule has 1 N–H and O–H groups in total. The molecular formula is C22H17N3O7S3. The first-order chi connectivity index (χ1) is 17.0. The van der Waals surface area contributed by atoms with Crippen LogP contribution < -0.4 is 25.0 Å². The molecule has 0 fully saturated rings. The van der Waals surface area contributed by atoms with Gasteiger partial charge in [-0.3, -0.25) is 14.9 Å². The summed E-state index contributed by atoms with van der Waals surface area (Å²) in [5, 5.41) is 12.8. The lowest BCUT2D eigenvalue weighted by atomic mass is 10.2. The minimum Gasteiger partial charge on any atom is -0.493 e. The topological polar surface area (TPSA) is 130 Å². The summed E-state index contributed by atoms with van der Waals surface area (Å²) in [4.78, 5) is 37.5. The zero-order chi connectivity index (χ0) is 24.8. The number of nitrogens with one attached hydrogen (secondary N) is 1. The molecule has 0 bridgehead atoms. The number of carbonyl (C=O) groups excluding carboxylic acids is 2. The smallest absolute Gasteiger partial charge is 0.343 e. The summed E-state index contributed by atoms with van der Waals surface area (Å²) >= 11 is 3.81. The summed E-state index contributed by atoms with van der Waals surface area (Å²) in [6, 6.07) is 9.25. The zero-order valence-electron chi connectivity index (χ0n) is 18.3. The van der Waals surface area contributed by atoms with Crippen LogP contribution in [0.4, 0.5) is 5.13 Å². The number of rotatable bonds is 9. The van der Waals surface area contributed by atoms with Gasteiger partial charge in [0.05, 0.1) is 30.4 Å². The van der Waals surface area contributed by atoms with Crippen LogP contribution in [0.15, 0.2) is 61.6 Å². The first-order valence-corrected chi connectivity index (χ1v) is 12.5. The second-order valence-electron chi connectivity index (χ2n) is 6.63. The number of hydrogen-bond donors (Lipinski definition) is 1. The highest BCUT2D eigenvalue weighted by Gasteiger charge is 2.16. The number of benzene rings is 1. The van der Waals surface area contributed by atoms with Crippen LogP contribution in [-0.2, 0) is 5.75 Å². The molecule has 0 saturated carbocycles. The molecule has 3 heterocycles. The van der Waals surface area contributed by atoms with Crippen LogP contribution >= 0.6 is 34.4 Å². The standard InChI is InChI=1S/C22H17N3O7S3/c1-29-15-6-5-12(8-16(15)30-2)20(28)32-17-10-31-13(9-14(17)26)11-34-22-25-24-21(35-22)23-19(27)18-4-3-7-33-18/h3-10H,11H2,1-2H3,(H,23,24,27). The molecule has 1 aromatic carbocycles. The Labute approximate surface area is 210 Å². The molecule has 0 aliphatic heterocycles. The summed E-state index contributed by atoms with van der Waals surface area (Å²) in [6.45, 7) is 0. The first kappa shape index (κ1) is 24.4. The van der Waals surface area contributed by atoms with Gasteiger partial charge in [-0.25, -0.2) is 4.79 Å². The van der Waals surface area contributed by atoms with Crippen LogP contribution in [0.1, 0.15) is 25.8 Å². The molecule has 0 radical (unpaired) electrons. The van der Waals surface area contributed by atoms with Crippen molar-refractivity contribution in [1.29, 1.82) is 0 Å². The van der Waals surface area contributed by atoms with Crippen molar-refractivity contribution in [2.45, 2.75) is 10.1 Å². The van der Waals surface area contributed by atoms with Crippen LogP contribution in [0.3, 0.4) is 0 Å². The minimum atomic E-state index is -0.744. The molecule has 10 nitrogen and oxygen atoms in total. The third kappa shape index (κ3) is 6.07. The number of methoxy groups -OCH3 is 2. The van der Waals surface area contributed by atoms with Gasteiger partial charge >= 0.3 is 5.97 Å². The highest BCUT2D eigenvalue weighted by Crippen LogP contribution is 2.30. The number of ether oxygens (including phenoxy) is 3. The Bertz CT molecular complexity index is 1400. The molecular weight excluding hydrogens is 514 g/mol. The largest absolute Gasteiger partial charge is 0.493 e. The van der Waals surface area contributed by atoms with E-state index in [1.54, 1.807) is 18.2 Å². The Morgan fingerprint density at radius 2 is 1.91 bits per heavy atom. The maximum Gasteiger partial charge on any atom is 0.343 e. The van der Waals surface area contributed by atoms with Crippen molar-refractivity contribution in [2.24, 2.45) is 0 Å². The second kappa shape index (κ2) is 11.2. The Balaban J connectivity index is 1.35. The van der Waals surface area contributed by atoms with Crippen molar-refractivity contribution in [1.82, 2.24) is 10.2 Å². The average molecular weight is 532 g/mol. The summed E-state index contributed by atoms with van der Waals surface area (Å²) in [5.74, 6) is 0.207. The number of hydrogen-bond acceptors (Lipinski definition) is 12. The predicted molar refractivity (Wildman–Crippen MR) is 131 cm³/mol. The van der Waals surface area contributed by atoms with Crippen molar-refractivity contribution in [3.63, 3.8) is 0 Å². The molecule has 0 aliphatic rings. The van der Waals surface area contributed by atoms with Gasteiger partial charge in [0.25, 0.3) is 5.91 Å². The molecule has 35 heavy (non-hydrogen) atoms. The van der Waals surface area contributed by atoms with Gasteiger partial charge in [-0.1, -0.05) is 29.2 Å². The Hall–Kier alpha value is -3.68. The Morgan fingerprint density at radius 3 is 2.63 bits per heavy atom. The van der Waals surface area contributed by atoms with Gasteiger partial charge in [-0.2, -0.15) is 0 Å². The number of anilines is 1. The number of nitrogens with zero attached hydrogens (tertiary/aromatic N) is 2. The van der Waals surface area contributed by atoms with E-state index in [0.717, 1.165) is 6.26 Å². The lowest BCUT2D eigenvalue weighted by molar-refractivity contribution is 0.0728. The zero-order valence-corrected chi connectivity index (χ0v) is 20.8. The van der Waals surface area contributed by atoms with Crippen molar-refractivity contribution in [3.05, 3.63) is 74.5 Å². The highest BCUT2D eigenvalue weighted by atomic mass is 32.2. The molecule has 13 heteroatoms. The van der Waals surface area contributed by atoms with Crippen LogP contribution in [0, 0.1) is 0 Å². The normalized spacial score (nSPS) is 10.6. The van der Waals surface area contributed by atoms with Gasteiger partial charge in [0, 0.05) is 6.07 Å². The van der Waals surface area contributed by atoms with Crippen LogP contribution in [0.25, 0.3) is 0 Å². The van der Waals surface area contributed by atoms with Gasteiger partial charge in [0.15, 0.2) is 15.8 Å². The van der Waals surface area contributed by atoms with E-state index in [4.69, 9.17) is 18.6 Å². The summed E-state index contributed by atoms with van der Waals surface area (Å²) in [5.41, 5.74) is -0.332. The Kier molecular flexibility index (Phi) is 7.80. The van der Waals surface area contributed by atoms with E-state index < -0.39 is 11.4 Å². The third-order valence-corrected chi connectivity index (χ3v) is 7.25. The van der Waals surface area contributed by atoms with Crippen LogP contribution in [0.2, 0.25) is 0 Å². The van der Waals surface area contributed by atoms with Crippen LogP contribution in [-0.4, -0.2) is 36.3 Å². The summed E-state index contributed by atoms with van der Waals surface area (Å²) in [6.07, 6.45) is 1.09. The summed E-state index contributed by atoms with van der Waals surface area (Å²) in [7, 11) is 2.93. The monoisotopic (exact) mass is 531 g/mol. The van der Waals surface area contributed by atoms with Crippen LogP contribution in [0.5, 0.6) is 17.2 Å². The number of thiophene rings is 1. The molecule has 1 amide bonds. The third-order valence-electron chi connectivity index (χ3n) is 4.38. The highest BCUT2D eigenvalue weighted by molar-refractivity contribution is 8.00. The summed E-state index contributed by atoms with van der Waals surface area (Å²) < 4.78 is 21.5. The molecule has 0 spiro atoms. The lowest BCUT2D eigenvalue weighted by Gasteiger charge is -2.09. The first-order valence-electron chi connectivity index (χ1n) is 9.84. The van der Waals surface area contributed by atoms with Crippen molar-refractivity contribution in [2.75, 3.05) is 19.5 Å². The van der Waals surface area contributed by atoms with E-state index in [0.29, 0.717) is 31.6 Å². The molecule has 3 aromatic heterocycles. The number of aromatic nitrogens is 2. The number of carbonyl (C=O) groups is 2. The maximum atomic E-state index is 12.4. The fourth-order valence-corrected chi connectivity index (χ4v) is 4.98. The maximum absolute atomic E-state index is 12.4. The van der Waals surface area contributed by atoms with Gasteiger partial charge < -0.3 is 18.6 Å². The molecule has 0 aliphatic carbocycles. The second-order valence-corrected chi connectivity index (χ2v) is 9.78. The van der Waals surface area contributed by atoms with E-state index in [-0.39, 0.29) is 23.0 Å². The fraction of sp³-hybridized carbons (Fsp3) is 0.136. The fourth-order valence-electron chi connectivity index (χ4n) is 2.73. The van der Waals surface area contributed by atoms with Crippen molar-refractivity contribution >= 4 is 51.4 Å². The van der Waals surface area contributed by atoms with E-state index in [9.17, 15) is 14.4 Å². The molecule has 4 aromatic rings. The SMILES string of the molecule is COc1ccc(C(=O)Oc2coc(CSc3nnc(NC(=O)c4cccs4)s3)cc2=O)cc1OC. The van der Waals surface area contributed by atoms with Gasteiger partial charge in [-0.05, 0) is 29.6 Å². The van der Waals surface area contributed by atoms with Gasteiger partial charge in [0.2, 0.25) is 16.3 Å². The van der Waals surface area contributed by atoms with Gasteiger partial charge in [0.1, 0.15) is 12.0 Å².